The van der Waals surface area contributed by atoms with Crippen LogP contribution < -0.4 is 5.73 Å². The Labute approximate surface area is 142 Å². The lowest BCUT2D eigenvalue weighted by atomic mass is 9.87. The van der Waals surface area contributed by atoms with E-state index in [1.165, 1.54) is 4.90 Å². The number of benzene rings is 1. The van der Waals surface area contributed by atoms with Gasteiger partial charge < -0.3 is 10.5 Å². The Balaban J connectivity index is 2.36. The second kappa shape index (κ2) is 6.26. The van der Waals surface area contributed by atoms with Crippen LogP contribution in [0.3, 0.4) is 0 Å². The van der Waals surface area contributed by atoms with E-state index in [2.05, 4.69) is 0 Å². The number of ether oxygens (including phenoxy) is 1. The molecule has 0 aromatic heterocycles. The van der Waals surface area contributed by atoms with Crippen LogP contribution in [0.5, 0.6) is 0 Å². The van der Waals surface area contributed by atoms with Gasteiger partial charge in [0.1, 0.15) is 11.1 Å². The molecule has 1 atom stereocenters. The number of ketones is 1. The maximum atomic E-state index is 13.1. The van der Waals surface area contributed by atoms with Crippen LogP contribution in [0, 0.1) is 0 Å². The number of Topliss-reactive ketones (excluding diaryl/α,β-unsaturated/α-hetero) is 1. The molecule has 2 rings (SSSR count). The van der Waals surface area contributed by atoms with E-state index in [0.29, 0.717) is 25.7 Å². The predicted molar refractivity (Wildman–Crippen MR) is 91.2 cm³/mol. The fraction of sp³-hybridized carbons (Fsp3) is 0.500. The van der Waals surface area contributed by atoms with Gasteiger partial charge in [-0.25, -0.2) is 4.79 Å². The van der Waals surface area contributed by atoms with Gasteiger partial charge in [0.2, 0.25) is 0 Å². The molecule has 0 aliphatic carbocycles. The van der Waals surface area contributed by atoms with Crippen molar-refractivity contribution in [1.29, 1.82) is 0 Å². The third kappa shape index (κ3) is 3.27. The molecule has 0 spiro atoms. The van der Waals surface area contributed by atoms with E-state index in [-0.39, 0.29) is 22.6 Å². The molecule has 24 heavy (non-hydrogen) atoms. The van der Waals surface area contributed by atoms with Crippen LogP contribution in [0.4, 0.5) is 10.5 Å². The number of carbonyl (C=O) groups excluding carboxylic acids is 3. The molecular weight excluding hydrogens is 308 g/mol. The molecule has 1 heterocycles. The maximum Gasteiger partial charge on any atom is 0.411 e. The zero-order valence-electron chi connectivity index (χ0n) is 14.6. The minimum Gasteiger partial charge on any atom is -0.444 e. The van der Waals surface area contributed by atoms with Crippen molar-refractivity contribution in [1.82, 2.24) is 4.90 Å². The van der Waals surface area contributed by atoms with Gasteiger partial charge in [-0.2, -0.15) is 0 Å². The van der Waals surface area contributed by atoms with Gasteiger partial charge in [-0.15, -0.1) is 0 Å². The molecule has 6 heteroatoms. The first kappa shape index (κ1) is 18.0. The summed E-state index contributed by atoms with van der Waals surface area (Å²) in [5.74, 6) is -0.271. The third-order valence-electron chi connectivity index (χ3n) is 4.26. The lowest BCUT2D eigenvalue weighted by molar-refractivity contribution is 0.0114. The fourth-order valence-electron chi connectivity index (χ4n) is 2.98. The highest BCUT2D eigenvalue weighted by atomic mass is 16.6. The number of nitrogen functional groups attached to an aromatic ring is 1. The van der Waals surface area contributed by atoms with Crippen molar-refractivity contribution >= 4 is 23.9 Å². The minimum atomic E-state index is -1.03. The summed E-state index contributed by atoms with van der Waals surface area (Å²) in [6, 6.07) is 4.76. The number of hydrogen-bond acceptors (Lipinski definition) is 5. The summed E-state index contributed by atoms with van der Waals surface area (Å²) >= 11 is 0. The highest BCUT2D eigenvalue weighted by Gasteiger charge is 2.47. The number of para-hydroxylation sites is 1. The monoisotopic (exact) mass is 332 g/mol. The topological polar surface area (TPSA) is 89.7 Å². The Bertz CT molecular complexity index is 678. The van der Waals surface area contributed by atoms with Gasteiger partial charge >= 0.3 is 6.09 Å². The number of amides is 1. The van der Waals surface area contributed by atoms with E-state index in [1.54, 1.807) is 45.9 Å². The summed E-state index contributed by atoms with van der Waals surface area (Å²) in [6.45, 7) is 7.52. The van der Waals surface area contributed by atoms with Crippen molar-refractivity contribution in [2.75, 3.05) is 12.3 Å². The van der Waals surface area contributed by atoms with Gasteiger partial charge in [0, 0.05) is 17.7 Å². The third-order valence-corrected chi connectivity index (χ3v) is 4.26. The molecule has 1 saturated heterocycles. The number of rotatable bonds is 3. The van der Waals surface area contributed by atoms with E-state index in [4.69, 9.17) is 10.5 Å². The largest absolute Gasteiger partial charge is 0.444 e. The second-order valence-corrected chi connectivity index (χ2v) is 7.26. The first-order valence-corrected chi connectivity index (χ1v) is 7.99. The van der Waals surface area contributed by atoms with Crippen LogP contribution >= 0.6 is 0 Å². The van der Waals surface area contributed by atoms with Gasteiger partial charge in [-0.1, -0.05) is 6.07 Å². The number of nitrogens with zero attached hydrogens (tertiary/aromatic N) is 1. The summed E-state index contributed by atoms with van der Waals surface area (Å²) in [7, 11) is 0. The molecule has 0 unspecified atom stereocenters. The van der Waals surface area contributed by atoms with Gasteiger partial charge in [0.05, 0.1) is 5.69 Å². The number of hydrogen-bond donors (Lipinski definition) is 1. The average molecular weight is 332 g/mol. The van der Waals surface area contributed by atoms with Crippen molar-refractivity contribution in [2.45, 2.75) is 51.7 Å². The summed E-state index contributed by atoms with van der Waals surface area (Å²) in [4.78, 5) is 38.1. The van der Waals surface area contributed by atoms with E-state index in [1.807, 2.05) is 0 Å². The summed E-state index contributed by atoms with van der Waals surface area (Å²) < 4.78 is 5.43. The Morgan fingerprint density at radius 3 is 2.58 bits per heavy atom. The molecule has 2 N–H and O–H groups in total. The van der Waals surface area contributed by atoms with Gasteiger partial charge in [-0.3, -0.25) is 14.5 Å². The molecule has 130 valence electrons. The van der Waals surface area contributed by atoms with Crippen LogP contribution in [-0.4, -0.2) is 40.7 Å². The second-order valence-electron chi connectivity index (χ2n) is 7.26. The molecular formula is C18H24N2O4. The summed E-state index contributed by atoms with van der Waals surface area (Å²) in [6.07, 6.45) is 1.33. The molecule has 1 amide bonds. The Kier molecular flexibility index (Phi) is 4.69. The first-order chi connectivity index (χ1) is 11.1. The molecule has 1 fully saturated rings. The Hall–Kier alpha value is -2.37. The highest BCUT2D eigenvalue weighted by Crippen LogP contribution is 2.35. The molecule has 0 radical (unpaired) electrons. The molecule has 1 aromatic carbocycles. The van der Waals surface area contributed by atoms with Gasteiger partial charge in [0.25, 0.3) is 0 Å². The summed E-state index contributed by atoms with van der Waals surface area (Å²) in [5, 5.41) is 0. The van der Waals surface area contributed by atoms with Crippen LogP contribution in [-0.2, 0) is 4.74 Å². The minimum absolute atomic E-state index is 0.148. The molecule has 0 bridgehead atoms. The molecule has 1 aliphatic rings. The first-order valence-electron chi connectivity index (χ1n) is 7.99. The average Bonchev–Trinajstić information content (AvgIpc) is 2.88. The highest BCUT2D eigenvalue weighted by molar-refractivity contribution is 6.10. The standard InChI is InChI=1S/C18H24N2O4/c1-17(2,3)24-16(23)20-10-6-9-18(20,4)15(22)13-8-5-7-12(11-21)14(13)19/h5,7-8,11H,6,9-10,19H2,1-4H3/t18-/m1/s1. The van der Waals surface area contributed by atoms with Crippen molar-refractivity contribution in [2.24, 2.45) is 0 Å². The lowest BCUT2D eigenvalue weighted by Crippen LogP contribution is -2.52. The van der Waals surface area contributed by atoms with E-state index >= 15 is 0 Å². The van der Waals surface area contributed by atoms with Crippen LogP contribution in [0.25, 0.3) is 0 Å². The van der Waals surface area contributed by atoms with Crippen molar-refractivity contribution in [3.8, 4) is 0 Å². The van der Waals surface area contributed by atoms with Gasteiger partial charge in [-0.05, 0) is 52.7 Å². The zero-order valence-corrected chi connectivity index (χ0v) is 14.6. The smallest absolute Gasteiger partial charge is 0.411 e. The number of nitrogens with two attached hydrogens (primary N) is 1. The molecule has 1 aromatic rings. The van der Waals surface area contributed by atoms with Crippen LogP contribution in [0.15, 0.2) is 18.2 Å². The predicted octanol–water partition coefficient (Wildman–Crippen LogP) is 3.05. The quantitative estimate of drug-likeness (QED) is 0.522. The maximum absolute atomic E-state index is 13.1. The number of anilines is 1. The van der Waals surface area contributed by atoms with Crippen molar-refractivity contribution in [3.05, 3.63) is 29.3 Å². The van der Waals surface area contributed by atoms with E-state index in [9.17, 15) is 14.4 Å². The normalized spacial score (nSPS) is 20.8. The van der Waals surface area contributed by atoms with Crippen molar-refractivity contribution < 1.29 is 19.1 Å². The number of likely N-dealkylation sites (tertiary alicyclic amines) is 1. The van der Waals surface area contributed by atoms with Crippen molar-refractivity contribution in [3.63, 3.8) is 0 Å². The number of carbonyl (C=O) groups is 3. The SMILES string of the molecule is CC(C)(C)OC(=O)N1CCC[C@]1(C)C(=O)c1cccc(C=O)c1N. The van der Waals surface area contributed by atoms with Crippen LogP contribution in [0.1, 0.15) is 61.3 Å². The Morgan fingerprint density at radius 2 is 2.00 bits per heavy atom. The molecule has 1 aliphatic heterocycles. The summed E-state index contributed by atoms with van der Waals surface area (Å²) in [5.41, 5.74) is 4.97. The molecule has 6 nitrogen and oxygen atoms in total. The van der Waals surface area contributed by atoms with Gasteiger partial charge in [0.15, 0.2) is 12.1 Å². The number of aldehydes is 1. The Morgan fingerprint density at radius 1 is 1.33 bits per heavy atom. The zero-order chi connectivity index (χ0) is 18.1. The van der Waals surface area contributed by atoms with E-state index < -0.39 is 17.2 Å². The van der Waals surface area contributed by atoms with E-state index in [0.717, 1.165) is 0 Å². The lowest BCUT2D eigenvalue weighted by Gasteiger charge is -2.35. The molecule has 0 saturated carbocycles. The fourth-order valence-corrected chi connectivity index (χ4v) is 2.98. The van der Waals surface area contributed by atoms with Crippen LogP contribution in [0.2, 0.25) is 0 Å².